The maximum atomic E-state index is 13.1. The lowest BCUT2D eigenvalue weighted by Crippen LogP contribution is -2.53. The molecular formula is C22H30FN5. The van der Waals surface area contributed by atoms with Crippen LogP contribution in [0.4, 0.5) is 10.3 Å². The van der Waals surface area contributed by atoms with E-state index < -0.39 is 0 Å². The van der Waals surface area contributed by atoms with E-state index in [9.17, 15) is 4.39 Å². The standard InChI is InChI=1S/C22H30FN5/c1-17-15-18(2)25-22(24-17)28-9-7-21(8-10-28)27-13-11-26(12-14-27)16-19-3-5-20(23)6-4-19/h3-6,15,21H,7-14,16H2,1-2H3. The van der Waals surface area contributed by atoms with E-state index in [1.54, 1.807) is 12.1 Å². The van der Waals surface area contributed by atoms with Crippen LogP contribution in [0.5, 0.6) is 0 Å². The molecule has 0 radical (unpaired) electrons. The molecule has 1 aromatic heterocycles. The number of halogens is 1. The summed E-state index contributed by atoms with van der Waals surface area (Å²) in [6.45, 7) is 11.4. The van der Waals surface area contributed by atoms with Crippen molar-refractivity contribution in [2.45, 2.75) is 39.3 Å². The number of rotatable bonds is 4. The van der Waals surface area contributed by atoms with Crippen molar-refractivity contribution in [3.8, 4) is 0 Å². The lowest BCUT2D eigenvalue weighted by Gasteiger charge is -2.42. The minimum absolute atomic E-state index is 0.161. The molecule has 2 fully saturated rings. The summed E-state index contributed by atoms with van der Waals surface area (Å²) in [6, 6.07) is 9.59. The number of aromatic nitrogens is 2. The smallest absolute Gasteiger partial charge is 0.225 e. The summed E-state index contributed by atoms with van der Waals surface area (Å²) in [5.74, 6) is 0.728. The van der Waals surface area contributed by atoms with Gasteiger partial charge >= 0.3 is 0 Å². The number of anilines is 1. The highest BCUT2D eigenvalue weighted by Gasteiger charge is 2.28. The highest BCUT2D eigenvalue weighted by molar-refractivity contribution is 5.32. The van der Waals surface area contributed by atoms with E-state index in [1.807, 2.05) is 32.0 Å². The first-order valence-corrected chi connectivity index (χ1v) is 10.3. The molecule has 3 heterocycles. The van der Waals surface area contributed by atoms with Crippen molar-refractivity contribution in [1.82, 2.24) is 19.8 Å². The highest BCUT2D eigenvalue weighted by atomic mass is 19.1. The van der Waals surface area contributed by atoms with Crippen LogP contribution in [0.25, 0.3) is 0 Å². The molecule has 2 saturated heterocycles. The lowest BCUT2D eigenvalue weighted by atomic mass is 10.0. The van der Waals surface area contributed by atoms with E-state index in [0.717, 1.165) is 63.1 Å². The van der Waals surface area contributed by atoms with Gasteiger partial charge in [0, 0.05) is 63.2 Å². The molecule has 2 aliphatic heterocycles. The van der Waals surface area contributed by atoms with E-state index in [1.165, 1.54) is 18.4 Å². The number of benzene rings is 1. The second kappa shape index (κ2) is 8.53. The van der Waals surface area contributed by atoms with Gasteiger partial charge in [0.15, 0.2) is 0 Å². The summed E-state index contributed by atoms with van der Waals surface area (Å²) in [7, 11) is 0. The monoisotopic (exact) mass is 383 g/mol. The number of nitrogens with zero attached hydrogens (tertiary/aromatic N) is 5. The maximum absolute atomic E-state index is 13.1. The van der Waals surface area contributed by atoms with Crippen molar-refractivity contribution in [1.29, 1.82) is 0 Å². The molecule has 0 unspecified atom stereocenters. The number of aryl methyl sites for hydroxylation is 2. The van der Waals surface area contributed by atoms with E-state index >= 15 is 0 Å². The van der Waals surface area contributed by atoms with Gasteiger partial charge in [0.25, 0.3) is 0 Å². The van der Waals surface area contributed by atoms with Crippen molar-refractivity contribution < 1.29 is 4.39 Å². The van der Waals surface area contributed by atoms with Gasteiger partial charge in [-0.2, -0.15) is 0 Å². The molecule has 2 aliphatic rings. The van der Waals surface area contributed by atoms with Gasteiger partial charge in [-0.1, -0.05) is 12.1 Å². The SMILES string of the molecule is Cc1cc(C)nc(N2CCC(N3CCN(Cc4ccc(F)cc4)CC3)CC2)n1. The van der Waals surface area contributed by atoms with Gasteiger partial charge < -0.3 is 4.90 Å². The van der Waals surface area contributed by atoms with Crippen LogP contribution in [-0.4, -0.2) is 65.1 Å². The fourth-order valence-corrected chi connectivity index (χ4v) is 4.41. The fraction of sp³-hybridized carbons (Fsp3) is 0.545. The van der Waals surface area contributed by atoms with Crippen LogP contribution in [0.3, 0.4) is 0 Å². The van der Waals surface area contributed by atoms with Crippen LogP contribution in [0.15, 0.2) is 30.3 Å². The Kier molecular flexibility index (Phi) is 5.87. The first kappa shape index (κ1) is 19.3. The van der Waals surface area contributed by atoms with Gasteiger partial charge in [-0.3, -0.25) is 9.80 Å². The molecule has 0 bridgehead atoms. The predicted molar refractivity (Wildman–Crippen MR) is 110 cm³/mol. The molecule has 2 aromatic rings. The van der Waals surface area contributed by atoms with Crippen molar-refractivity contribution in [2.24, 2.45) is 0 Å². The van der Waals surface area contributed by atoms with Gasteiger partial charge in [-0.05, 0) is 50.5 Å². The number of piperidine rings is 1. The molecular weight excluding hydrogens is 353 g/mol. The number of hydrogen-bond donors (Lipinski definition) is 0. The molecule has 0 spiro atoms. The van der Waals surface area contributed by atoms with Gasteiger partial charge in [-0.25, -0.2) is 14.4 Å². The Hall–Kier alpha value is -2.05. The topological polar surface area (TPSA) is 35.5 Å². The second-order valence-corrected chi connectivity index (χ2v) is 8.11. The Morgan fingerprint density at radius 1 is 0.893 bits per heavy atom. The highest BCUT2D eigenvalue weighted by Crippen LogP contribution is 2.22. The maximum Gasteiger partial charge on any atom is 0.225 e. The Morgan fingerprint density at radius 2 is 1.50 bits per heavy atom. The minimum Gasteiger partial charge on any atom is -0.341 e. The Labute approximate surface area is 167 Å². The fourth-order valence-electron chi connectivity index (χ4n) is 4.41. The van der Waals surface area contributed by atoms with E-state index in [2.05, 4.69) is 24.7 Å². The normalized spacial score (nSPS) is 19.9. The van der Waals surface area contributed by atoms with Crippen molar-refractivity contribution in [3.63, 3.8) is 0 Å². The first-order chi connectivity index (χ1) is 13.6. The Bertz CT molecular complexity index is 758. The summed E-state index contributed by atoms with van der Waals surface area (Å²) in [5, 5.41) is 0. The molecule has 6 heteroatoms. The van der Waals surface area contributed by atoms with Gasteiger partial charge in [0.1, 0.15) is 5.82 Å². The number of piperazine rings is 1. The summed E-state index contributed by atoms with van der Waals surface area (Å²) in [6.07, 6.45) is 2.35. The van der Waals surface area contributed by atoms with Crippen LogP contribution in [0.1, 0.15) is 29.8 Å². The van der Waals surface area contributed by atoms with Crippen LogP contribution in [-0.2, 0) is 6.54 Å². The van der Waals surface area contributed by atoms with E-state index in [-0.39, 0.29) is 5.82 Å². The van der Waals surface area contributed by atoms with Crippen molar-refractivity contribution in [2.75, 3.05) is 44.2 Å². The molecule has 0 atom stereocenters. The van der Waals surface area contributed by atoms with Gasteiger partial charge in [-0.15, -0.1) is 0 Å². The minimum atomic E-state index is -0.161. The zero-order valence-electron chi connectivity index (χ0n) is 16.9. The zero-order chi connectivity index (χ0) is 19.5. The van der Waals surface area contributed by atoms with E-state index in [0.29, 0.717) is 6.04 Å². The quantitative estimate of drug-likeness (QED) is 0.811. The van der Waals surface area contributed by atoms with Gasteiger partial charge in [0.2, 0.25) is 5.95 Å². The summed E-state index contributed by atoms with van der Waals surface area (Å²) < 4.78 is 13.1. The van der Waals surface area contributed by atoms with Gasteiger partial charge in [0.05, 0.1) is 0 Å². The Balaban J connectivity index is 1.25. The van der Waals surface area contributed by atoms with Crippen molar-refractivity contribution in [3.05, 3.63) is 53.1 Å². The molecule has 1 aromatic carbocycles. The summed E-state index contributed by atoms with van der Waals surface area (Å²) in [5.41, 5.74) is 3.28. The van der Waals surface area contributed by atoms with Crippen LogP contribution >= 0.6 is 0 Å². The molecule has 0 saturated carbocycles. The zero-order valence-corrected chi connectivity index (χ0v) is 16.9. The molecule has 4 rings (SSSR count). The average Bonchev–Trinajstić information content (AvgIpc) is 2.70. The largest absolute Gasteiger partial charge is 0.341 e. The first-order valence-electron chi connectivity index (χ1n) is 10.3. The predicted octanol–water partition coefficient (Wildman–Crippen LogP) is 3.02. The third-order valence-electron chi connectivity index (χ3n) is 5.96. The van der Waals surface area contributed by atoms with Crippen LogP contribution in [0.2, 0.25) is 0 Å². The molecule has 0 N–H and O–H groups in total. The van der Waals surface area contributed by atoms with E-state index in [4.69, 9.17) is 0 Å². The lowest BCUT2D eigenvalue weighted by molar-refractivity contribution is 0.0810. The molecule has 0 amide bonds. The van der Waals surface area contributed by atoms with Crippen molar-refractivity contribution >= 4 is 5.95 Å². The average molecular weight is 384 g/mol. The second-order valence-electron chi connectivity index (χ2n) is 8.11. The molecule has 150 valence electrons. The molecule has 0 aliphatic carbocycles. The summed E-state index contributed by atoms with van der Waals surface area (Å²) >= 11 is 0. The molecule has 5 nitrogen and oxygen atoms in total. The molecule has 28 heavy (non-hydrogen) atoms. The Morgan fingerprint density at radius 3 is 2.11 bits per heavy atom. The third-order valence-corrected chi connectivity index (χ3v) is 5.96. The summed E-state index contributed by atoms with van der Waals surface area (Å²) in [4.78, 5) is 16.7. The third kappa shape index (κ3) is 4.67. The number of hydrogen-bond acceptors (Lipinski definition) is 5. The van der Waals surface area contributed by atoms with Crippen LogP contribution < -0.4 is 4.90 Å². The van der Waals surface area contributed by atoms with Crippen LogP contribution in [0, 0.1) is 19.7 Å².